The van der Waals surface area contributed by atoms with Crippen molar-refractivity contribution in [2.45, 2.75) is 31.3 Å². The quantitative estimate of drug-likeness (QED) is 0.732. The number of ether oxygens (including phenoxy) is 2. The molecule has 1 saturated heterocycles. The van der Waals surface area contributed by atoms with Gasteiger partial charge in [-0.1, -0.05) is 48.5 Å². The van der Waals surface area contributed by atoms with Gasteiger partial charge in [0.1, 0.15) is 6.61 Å². The van der Waals surface area contributed by atoms with Crippen molar-refractivity contribution >= 4 is 11.7 Å². The monoisotopic (exact) mass is 403 g/mol. The molecule has 0 saturated carbocycles. The number of halogens is 3. The Labute approximate surface area is 166 Å². The van der Waals surface area contributed by atoms with Crippen molar-refractivity contribution in [2.24, 2.45) is 0 Å². The Bertz CT molecular complexity index is 894. The summed E-state index contributed by atoms with van der Waals surface area (Å²) in [6.07, 6.45) is -2.37. The third kappa shape index (κ3) is 4.29. The highest BCUT2D eigenvalue weighted by Crippen LogP contribution is 2.35. The minimum Gasteiger partial charge on any atom is -0.445 e. The van der Waals surface area contributed by atoms with Gasteiger partial charge in [0.05, 0.1) is 30.9 Å². The van der Waals surface area contributed by atoms with Crippen LogP contribution in [0.4, 0.5) is 18.0 Å². The molecule has 152 valence electrons. The molecule has 7 heteroatoms. The van der Waals surface area contributed by atoms with Crippen LogP contribution in [0.5, 0.6) is 0 Å². The number of hydrogen-bond acceptors (Lipinski definition) is 3. The second kappa shape index (κ2) is 7.91. The maximum atomic E-state index is 12.8. The number of morpholine rings is 1. The molecule has 2 aliphatic rings. The first kappa shape index (κ1) is 19.5. The van der Waals surface area contributed by atoms with Gasteiger partial charge in [-0.3, -0.25) is 4.90 Å². The lowest BCUT2D eigenvalue weighted by Gasteiger charge is -2.43. The fourth-order valence-corrected chi connectivity index (χ4v) is 3.76. The summed E-state index contributed by atoms with van der Waals surface area (Å²) in [5.74, 6) is 0. The Kier molecular flexibility index (Phi) is 5.32. The zero-order valence-corrected chi connectivity index (χ0v) is 15.6. The maximum absolute atomic E-state index is 12.8. The van der Waals surface area contributed by atoms with E-state index in [1.54, 1.807) is 4.90 Å². The van der Waals surface area contributed by atoms with Crippen molar-refractivity contribution in [1.29, 1.82) is 0 Å². The summed E-state index contributed by atoms with van der Waals surface area (Å²) in [5, 5.41) is 0. The number of carbonyl (C=O) groups is 1. The highest BCUT2D eigenvalue weighted by atomic mass is 19.4. The van der Waals surface area contributed by atoms with Crippen LogP contribution in [0.15, 0.2) is 60.7 Å². The third-order valence-electron chi connectivity index (χ3n) is 5.20. The van der Waals surface area contributed by atoms with Crippen molar-refractivity contribution in [2.75, 3.05) is 13.2 Å². The predicted octanol–water partition coefficient (Wildman–Crippen LogP) is 4.90. The maximum Gasteiger partial charge on any atom is 0.416 e. The zero-order valence-electron chi connectivity index (χ0n) is 15.6. The van der Waals surface area contributed by atoms with Crippen LogP contribution in [-0.4, -0.2) is 36.3 Å². The number of nitrogens with zero attached hydrogens (tertiary/aromatic N) is 1. The number of carbonyl (C=O) groups excluding carboxylic acids is 1. The van der Waals surface area contributed by atoms with Crippen molar-refractivity contribution in [3.63, 3.8) is 0 Å². The summed E-state index contributed by atoms with van der Waals surface area (Å²) in [7, 11) is 0. The van der Waals surface area contributed by atoms with Crippen LogP contribution in [0.3, 0.4) is 0 Å². The fraction of sp³-hybridized carbons (Fsp3) is 0.318. The summed E-state index contributed by atoms with van der Waals surface area (Å²) in [5.41, 5.74) is 1.88. The second-order valence-electron chi connectivity index (χ2n) is 7.18. The summed E-state index contributed by atoms with van der Waals surface area (Å²) in [4.78, 5) is 14.4. The molecular formula is C22H20F3NO3. The van der Waals surface area contributed by atoms with Gasteiger partial charge in [0.2, 0.25) is 0 Å². The standard InChI is InChI=1S/C22H20F3NO3/c23-22(24,25)18-8-6-16(7-9-18)17-10-19-13-28-14-20(11-17)26(19)21(27)29-12-15-4-2-1-3-5-15/h1-10,19-20H,11-14H2. The van der Waals surface area contributed by atoms with E-state index in [1.165, 1.54) is 12.1 Å². The molecule has 2 aromatic carbocycles. The Hall–Kier alpha value is -2.80. The Morgan fingerprint density at radius 2 is 1.79 bits per heavy atom. The van der Waals surface area contributed by atoms with Crippen LogP contribution >= 0.6 is 0 Å². The highest BCUT2D eigenvalue weighted by Gasteiger charge is 2.39. The van der Waals surface area contributed by atoms with Gasteiger partial charge < -0.3 is 9.47 Å². The molecule has 1 amide bonds. The van der Waals surface area contributed by atoms with Crippen LogP contribution in [0.1, 0.15) is 23.1 Å². The van der Waals surface area contributed by atoms with Gasteiger partial charge in [-0.05, 0) is 35.3 Å². The molecular weight excluding hydrogens is 383 g/mol. The molecule has 2 aromatic rings. The molecule has 2 atom stereocenters. The van der Waals surface area contributed by atoms with Gasteiger partial charge in [0.25, 0.3) is 0 Å². The molecule has 4 rings (SSSR count). The molecule has 2 bridgehead atoms. The molecule has 0 N–H and O–H groups in total. The lowest BCUT2D eigenvalue weighted by molar-refractivity contribution is -0.137. The Balaban J connectivity index is 1.49. The summed E-state index contributed by atoms with van der Waals surface area (Å²) in [6, 6.07) is 14.0. The van der Waals surface area contributed by atoms with Crippen molar-refractivity contribution in [1.82, 2.24) is 4.90 Å². The van der Waals surface area contributed by atoms with E-state index in [2.05, 4.69) is 0 Å². The Morgan fingerprint density at radius 1 is 1.07 bits per heavy atom. The van der Waals surface area contributed by atoms with E-state index >= 15 is 0 Å². The first-order chi connectivity index (χ1) is 13.9. The lowest BCUT2D eigenvalue weighted by atomic mass is 9.90. The van der Waals surface area contributed by atoms with E-state index in [0.29, 0.717) is 19.6 Å². The Morgan fingerprint density at radius 3 is 2.45 bits per heavy atom. The normalized spacial score (nSPS) is 21.5. The van der Waals surface area contributed by atoms with E-state index in [9.17, 15) is 18.0 Å². The van der Waals surface area contributed by atoms with Gasteiger partial charge >= 0.3 is 12.3 Å². The van der Waals surface area contributed by atoms with Crippen molar-refractivity contribution < 1.29 is 27.4 Å². The van der Waals surface area contributed by atoms with E-state index in [0.717, 1.165) is 28.8 Å². The molecule has 2 aliphatic heterocycles. The topological polar surface area (TPSA) is 38.8 Å². The van der Waals surface area contributed by atoms with E-state index in [4.69, 9.17) is 9.47 Å². The van der Waals surface area contributed by atoms with E-state index in [-0.39, 0.29) is 18.7 Å². The molecule has 1 fully saturated rings. The van der Waals surface area contributed by atoms with Crippen LogP contribution in [0.25, 0.3) is 5.57 Å². The molecule has 0 aliphatic carbocycles. The van der Waals surface area contributed by atoms with Gasteiger partial charge in [-0.15, -0.1) is 0 Å². The fourth-order valence-electron chi connectivity index (χ4n) is 3.76. The average molecular weight is 403 g/mol. The molecule has 0 spiro atoms. The van der Waals surface area contributed by atoms with Crippen molar-refractivity contribution in [3.05, 3.63) is 77.4 Å². The van der Waals surface area contributed by atoms with Crippen LogP contribution in [0.2, 0.25) is 0 Å². The summed E-state index contributed by atoms with van der Waals surface area (Å²) >= 11 is 0. The molecule has 29 heavy (non-hydrogen) atoms. The largest absolute Gasteiger partial charge is 0.445 e. The first-order valence-corrected chi connectivity index (χ1v) is 9.37. The van der Waals surface area contributed by atoms with Crippen LogP contribution in [0, 0.1) is 0 Å². The smallest absolute Gasteiger partial charge is 0.416 e. The third-order valence-corrected chi connectivity index (χ3v) is 5.20. The molecule has 0 aromatic heterocycles. The number of benzene rings is 2. The molecule has 4 nitrogen and oxygen atoms in total. The molecule has 2 heterocycles. The van der Waals surface area contributed by atoms with Crippen LogP contribution < -0.4 is 0 Å². The SMILES string of the molecule is O=C(OCc1ccccc1)N1C2C=C(c3ccc(C(F)(F)F)cc3)CC1COC2. The van der Waals surface area contributed by atoms with E-state index in [1.807, 2.05) is 36.4 Å². The number of fused-ring (bicyclic) bond motifs is 2. The minimum absolute atomic E-state index is 0.186. The number of hydrogen-bond donors (Lipinski definition) is 0. The lowest BCUT2D eigenvalue weighted by Crippen LogP contribution is -2.56. The number of alkyl halides is 3. The zero-order chi connectivity index (χ0) is 20.4. The summed E-state index contributed by atoms with van der Waals surface area (Å²) < 4.78 is 49.4. The van der Waals surface area contributed by atoms with Gasteiger partial charge in [0, 0.05) is 0 Å². The highest BCUT2D eigenvalue weighted by molar-refractivity contribution is 5.74. The number of rotatable bonds is 3. The molecule has 2 unspecified atom stereocenters. The van der Waals surface area contributed by atoms with Gasteiger partial charge in [-0.2, -0.15) is 13.2 Å². The first-order valence-electron chi connectivity index (χ1n) is 9.37. The second-order valence-corrected chi connectivity index (χ2v) is 7.18. The van der Waals surface area contributed by atoms with E-state index < -0.39 is 17.8 Å². The molecule has 0 radical (unpaired) electrons. The van der Waals surface area contributed by atoms with Gasteiger partial charge in [-0.25, -0.2) is 4.79 Å². The summed E-state index contributed by atoms with van der Waals surface area (Å²) in [6.45, 7) is 0.891. The average Bonchev–Trinajstić information content (AvgIpc) is 2.71. The van der Waals surface area contributed by atoms with Crippen molar-refractivity contribution in [3.8, 4) is 0 Å². The van der Waals surface area contributed by atoms with Gasteiger partial charge in [0.15, 0.2) is 0 Å². The number of amides is 1. The minimum atomic E-state index is -4.36. The predicted molar refractivity (Wildman–Crippen MR) is 101 cm³/mol. The van der Waals surface area contributed by atoms with Crippen LogP contribution in [-0.2, 0) is 22.3 Å².